The summed E-state index contributed by atoms with van der Waals surface area (Å²) in [6.07, 6.45) is 0. The second kappa shape index (κ2) is 10.7. The smallest absolute Gasteiger partial charge is 0.324 e. The molecule has 0 unspecified atom stereocenters. The normalized spacial score (nSPS) is 18.7. The van der Waals surface area contributed by atoms with Crippen LogP contribution in [0.3, 0.4) is 0 Å². The van der Waals surface area contributed by atoms with E-state index in [1.807, 2.05) is 0 Å². The van der Waals surface area contributed by atoms with E-state index in [0.29, 0.717) is 32.8 Å². The number of carbonyl (C=O) groups excluding carboxylic acids is 3. The number of methoxy groups -OCH3 is 1. The number of ether oxygens (including phenoxy) is 1. The fourth-order valence-electron chi connectivity index (χ4n) is 2.96. The minimum Gasteiger partial charge on any atom is -0.383 e. The second-order valence-corrected chi connectivity index (χ2v) is 6.28. The van der Waals surface area contributed by atoms with E-state index in [2.05, 4.69) is 30.7 Å². The van der Waals surface area contributed by atoms with Gasteiger partial charge in [0.2, 0.25) is 11.8 Å². The van der Waals surface area contributed by atoms with Crippen molar-refractivity contribution in [3.05, 3.63) is 0 Å². The Hall–Kier alpha value is -2.40. The number of urea groups is 1. The van der Waals surface area contributed by atoms with Crippen LogP contribution in [0.2, 0.25) is 0 Å². The number of nitrogens with zero attached hydrogens (tertiary/aromatic N) is 4. The summed E-state index contributed by atoms with van der Waals surface area (Å²) >= 11 is 0. The Balaban J connectivity index is 1.68. The number of hydrogen-bond acceptors (Lipinski definition) is 6. The number of rotatable bonds is 8. The molecule has 27 heavy (non-hydrogen) atoms. The highest BCUT2D eigenvalue weighted by molar-refractivity contribution is 6.01. The Labute approximate surface area is 159 Å². The van der Waals surface area contributed by atoms with Gasteiger partial charge in [-0.2, -0.15) is 0 Å². The summed E-state index contributed by atoms with van der Waals surface area (Å²) in [6, 6.07) is -0.353. The van der Waals surface area contributed by atoms with Crippen LogP contribution in [0.25, 0.3) is 0 Å². The van der Waals surface area contributed by atoms with Gasteiger partial charge in [-0.25, -0.2) is 4.79 Å². The van der Waals surface area contributed by atoms with Gasteiger partial charge in [0, 0.05) is 60.0 Å². The summed E-state index contributed by atoms with van der Waals surface area (Å²) < 4.78 is 4.91. The molecule has 11 heteroatoms. The largest absolute Gasteiger partial charge is 0.383 e. The Kier molecular flexibility index (Phi) is 8.27. The average molecular weight is 383 g/mol. The second-order valence-electron chi connectivity index (χ2n) is 6.28. The first-order valence-corrected chi connectivity index (χ1v) is 9.07. The molecule has 0 radical (unpaired) electrons. The van der Waals surface area contributed by atoms with Crippen molar-refractivity contribution in [2.24, 2.45) is 4.99 Å². The number of nitrogens with one attached hydrogen (secondary N) is 3. The van der Waals surface area contributed by atoms with Gasteiger partial charge in [0.25, 0.3) is 0 Å². The predicted octanol–water partition coefficient (Wildman–Crippen LogP) is -2.51. The monoisotopic (exact) mass is 383 g/mol. The molecule has 2 rings (SSSR count). The van der Waals surface area contributed by atoms with E-state index >= 15 is 0 Å². The lowest BCUT2D eigenvalue weighted by Crippen LogP contribution is -2.54. The lowest BCUT2D eigenvalue weighted by Gasteiger charge is -2.36. The quantitative estimate of drug-likeness (QED) is 0.183. The maximum atomic E-state index is 11.9. The zero-order valence-electron chi connectivity index (χ0n) is 16.0. The van der Waals surface area contributed by atoms with Gasteiger partial charge in [-0.05, 0) is 0 Å². The molecule has 2 aliphatic rings. The van der Waals surface area contributed by atoms with Crippen LogP contribution in [-0.2, 0) is 14.3 Å². The van der Waals surface area contributed by atoms with Crippen LogP contribution in [-0.4, -0.2) is 118 Å². The maximum Gasteiger partial charge on any atom is 0.324 e. The zero-order valence-corrected chi connectivity index (χ0v) is 16.0. The van der Waals surface area contributed by atoms with Crippen LogP contribution in [0, 0.1) is 0 Å². The van der Waals surface area contributed by atoms with E-state index in [0.717, 1.165) is 32.1 Å². The summed E-state index contributed by atoms with van der Waals surface area (Å²) in [5, 5.41) is 8.50. The van der Waals surface area contributed by atoms with Gasteiger partial charge in [0.05, 0.1) is 19.7 Å². The molecule has 0 atom stereocenters. The number of hydrogen-bond donors (Lipinski definition) is 3. The first-order valence-electron chi connectivity index (χ1n) is 9.07. The average Bonchev–Trinajstić information content (AvgIpc) is 2.98. The standard InChI is InChI=1S/C16H29N7O4/c1-17-15(19-3-5-23-14(25)11-20-16(23)26)22-8-6-21(7-9-22)12-13(24)18-4-10-27-2/h3-12H2,1-2H3,(H,17,19)(H,18,24)(H,20,26). The highest BCUT2D eigenvalue weighted by Crippen LogP contribution is 2.02. The van der Waals surface area contributed by atoms with Crippen molar-refractivity contribution in [1.29, 1.82) is 0 Å². The molecule has 0 aliphatic carbocycles. The minimum atomic E-state index is -0.353. The van der Waals surface area contributed by atoms with E-state index in [9.17, 15) is 14.4 Å². The molecule has 4 amide bonds. The molecule has 0 bridgehead atoms. The zero-order chi connectivity index (χ0) is 19.6. The molecule has 2 heterocycles. The molecule has 11 nitrogen and oxygen atoms in total. The third-order valence-electron chi connectivity index (χ3n) is 4.43. The van der Waals surface area contributed by atoms with Crippen molar-refractivity contribution in [3.8, 4) is 0 Å². The topological polar surface area (TPSA) is 119 Å². The van der Waals surface area contributed by atoms with Crippen molar-refractivity contribution in [3.63, 3.8) is 0 Å². The van der Waals surface area contributed by atoms with Gasteiger partial charge in [0.1, 0.15) is 0 Å². The Morgan fingerprint density at radius 2 is 1.93 bits per heavy atom. The molecule has 0 saturated carbocycles. The highest BCUT2D eigenvalue weighted by atomic mass is 16.5. The number of aliphatic imine (C=N–C) groups is 1. The fraction of sp³-hybridized carbons (Fsp3) is 0.750. The van der Waals surface area contributed by atoms with E-state index < -0.39 is 0 Å². The number of piperazine rings is 1. The number of amides is 4. The van der Waals surface area contributed by atoms with Gasteiger partial charge < -0.3 is 25.6 Å². The van der Waals surface area contributed by atoms with Crippen molar-refractivity contribution >= 4 is 23.8 Å². The van der Waals surface area contributed by atoms with Crippen molar-refractivity contribution in [2.75, 3.05) is 79.7 Å². The van der Waals surface area contributed by atoms with Gasteiger partial charge >= 0.3 is 6.03 Å². The lowest BCUT2D eigenvalue weighted by molar-refractivity contribution is -0.125. The molecule has 0 aromatic heterocycles. The van der Waals surface area contributed by atoms with Crippen LogP contribution in [0.1, 0.15) is 0 Å². The van der Waals surface area contributed by atoms with Crippen molar-refractivity contribution in [2.45, 2.75) is 0 Å². The highest BCUT2D eigenvalue weighted by Gasteiger charge is 2.28. The van der Waals surface area contributed by atoms with Gasteiger partial charge in [0.15, 0.2) is 5.96 Å². The maximum absolute atomic E-state index is 11.9. The van der Waals surface area contributed by atoms with Gasteiger partial charge in [-0.15, -0.1) is 0 Å². The van der Waals surface area contributed by atoms with Crippen LogP contribution in [0.15, 0.2) is 4.99 Å². The first-order chi connectivity index (χ1) is 13.0. The third-order valence-corrected chi connectivity index (χ3v) is 4.43. The Morgan fingerprint density at radius 3 is 2.52 bits per heavy atom. The molecule has 3 N–H and O–H groups in total. The third kappa shape index (κ3) is 6.36. The van der Waals surface area contributed by atoms with Crippen molar-refractivity contribution in [1.82, 2.24) is 30.7 Å². The summed E-state index contributed by atoms with van der Waals surface area (Å²) in [5.74, 6) is 0.511. The van der Waals surface area contributed by atoms with E-state index in [4.69, 9.17) is 4.74 Å². The summed E-state index contributed by atoms with van der Waals surface area (Å²) in [6.45, 7) is 5.19. The van der Waals surface area contributed by atoms with Gasteiger partial charge in [-0.3, -0.25) is 24.4 Å². The van der Waals surface area contributed by atoms with Crippen LogP contribution in [0.4, 0.5) is 4.79 Å². The molecule has 0 aromatic carbocycles. The number of imide groups is 1. The number of carbonyl (C=O) groups is 3. The Morgan fingerprint density at radius 1 is 1.19 bits per heavy atom. The van der Waals surface area contributed by atoms with Crippen molar-refractivity contribution < 1.29 is 19.1 Å². The molecule has 2 fully saturated rings. The predicted molar refractivity (Wildman–Crippen MR) is 99.4 cm³/mol. The summed E-state index contributed by atoms with van der Waals surface area (Å²) in [5.41, 5.74) is 0. The van der Waals surface area contributed by atoms with E-state index in [-0.39, 0.29) is 24.4 Å². The molecule has 0 spiro atoms. The van der Waals surface area contributed by atoms with Gasteiger partial charge in [-0.1, -0.05) is 0 Å². The SMILES string of the molecule is CN=C(NCCN1C(=O)CNC1=O)N1CCN(CC(=O)NCCOC)CC1. The molecule has 2 aliphatic heterocycles. The molecule has 2 saturated heterocycles. The molecule has 0 aromatic rings. The van der Waals surface area contributed by atoms with Crippen LogP contribution in [0.5, 0.6) is 0 Å². The molecule has 152 valence electrons. The molecular weight excluding hydrogens is 354 g/mol. The fourth-order valence-corrected chi connectivity index (χ4v) is 2.96. The minimum absolute atomic E-state index is 0.00318. The lowest BCUT2D eigenvalue weighted by atomic mass is 10.3. The van der Waals surface area contributed by atoms with E-state index in [1.54, 1.807) is 14.2 Å². The summed E-state index contributed by atoms with van der Waals surface area (Å²) in [7, 11) is 3.30. The van der Waals surface area contributed by atoms with E-state index in [1.165, 1.54) is 4.90 Å². The van der Waals surface area contributed by atoms with Crippen LogP contribution >= 0.6 is 0 Å². The molecular formula is C16H29N7O4. The number of guanidine groups is 1. The summed E-state index contributed by atoms with van der Waals surface area (Å²) in [4.78, 5) is 44.6. The Bertz CT molecular complexity index is 545. The first kappa shape index (κ1) is 20.9. The van der Waals surface area contributed by atoms with Crippen LogP contribution < -0.4 is 16.0 Å².